The number of anilines is 1. The number of carbonyl (C=O) groups is 2. The summed E-state index contributed by atoms with van der Waals surface area (Å²) in [6.07, 6.45) is 4.88. The molecule has 0 aliphatic heterocycles. The molecule has 1 aromatic heterocycles. The van der Waals surface area contributed by atoms with Crippen molar-refractivity contribution < 1.29 is 23.1 Å². The van der Waals surface area contributed by atoms with E-state index in [9.17, 15) is 18.4 Å². The number of nitrogens with one attached hydrogen (secondary N) is 1. The number of rotatable bonds is 4. The van der Waals surface area contributed by atoms with Crippen LogP contribution in [-0.4, -0.2) is 24.0 Å². The maximum atomic E-state index is 13.8. The molecule has 0 saturated heterocycles. The average Bonchev–Trinajstić information content (AvgIpc) is 2.55. The van der Waals surface area contributed by atoms with Gasteiger partial charge in [-0.05, 0) is 29.8 Å². The molecule has 124 valence electrons. The summed E-state index contributed by atoms with van der Waals surface area (Å²) in [6.45, 7) is 0. The van der Waals surface area contributed by atoms with Gasteiger partial charge in [-0.3, -0.25) is 9.78 Å². The molecule has 0 atom stereocenters. The van der Waals surface area contributed by atoms with Gasteiger partial charge in [-0.15, -0.1) is 0 Å². The molecule has 5 nitrogen and oxygen atoms in total. The Balaban J connectivity index is 2.17. The first-order chi connectivity index (χ1) is 11.4. The maximum Gasteiger partial charge on any atom is 0.340 e. The van der Waals surface area contributed by atoms with E-state index in [2.05, 4.69) is 15.0 Å². The quantitative estimate of drug-likeness (QED) is 0.676. The molecule has 0 fully saturated rings. The van der Waals surface area contributed by atoms with Gasteiger partial charge < -0.3 is 10.1 Å². The summed E-state index contributed by atoms with van der Waals surface area (Å²) in [5.41, 5.74) is 0.0879. The molecule has 24 heavy (non-hydrogen) atoms. The Morgan fingerprint density at radius 3 is 2.67 bits per heavy atom. The second-order valence-corrected chi connectivity index (χ2v) is 4.98. The number of nitrogens with zero attached hydrogens (tertiary/aromatic N) is 1. The molecular weight excluding hydrogens is 342 g/mol. The fourth-order valence-electron chi connectivity index (χ4n) is 1.80. The molecule has 1 N–H and O–H groups in total. The van der Waals surface area contributed by atoms with Crippen LogP contribution in [0.25, 0.3) is 6.08 Å². The fraction of sp³-hybridized carbons (Fsp3) is 0.0625. The average molecular weight is 353 g/mol. The maximum absolute atomic E-state index is 13.8. The molecular formula is C16H11ClF2N2O3. The molecule has 0 spiro atoms. The smallest absolute Gasteiger partial charge is 0.340 e. The number of methoxy groups -OCH3 is 1. The number of halogens is 3. The zero-order chi connectivity index (χ0) is 17.7. The second kappa shape index (κ2) is 7.65. The number of hydrogen-bond acceptors (Lipinski definition) is 4. The predicted molar refractivity (Wildman–Crippen MR) is 84.6 cm³/mol. The number of ether oxygens (including phenoxy) is 1. The van der Waals surface area contributed by atoms with Crippen molar-refractivity contribution in [2.24, 2.45) is 0 Å². The van der Waals surface area contributed by atoms with Crippen LogP contribution < -0.4 is 5.32 Å². The van der Waals surface area contributed by atoms with Crippen LogP contribution in [0.5, 0.6) is 0 Å². The number of pyridine rings is 1. The van der Waals surface area contributed by atoms with Crippen molar-refractivity contribution in [1.82, 2.24) is 4.98 Å². The van der Waals surface area contributed by atoms with E-state index in [1.165, 1.54) is 18.3 Å². The third kappa shape index (κ3) is 4.36. The summed E-state index contributed by atoms with van der Waals surface area (Å²) in [4.78, 5) is 27.0. The van der Waals surface area contributed by atoms with Crippen molar-refractivity contribution in [3.63, 3.8) is 0 Å². The van der Waals surface area contributed by atoms with Crippen molar-refractivity contribution in [3.8, 4) is 0 Å². The van der Waals surface area contributed by atoms with Crippen LogP contribution in [0.2, 0.25) is 5.02 Å². The molecule has 0 aliphatic rings. The number of amides is 1. The Morgan fingerprint density at radius 2 is 2.00 bits per heavy atom. The number of esters is 1. The van der Waals surface area contributed by atoms with Crippen LogP contribution in [0.1, 0.15) is 15.9 Å². The Hall–Kier alpha value is -2.80. The van der Waals surface area contributed by atoms with E-state index >= 15 is 0 Å². The molecule has 8 heteroatoms. The van der Waals surface area contributed by atoms with Gasteiger partial charge in [-0.25, -0.2) is 13.6 Å². The van der Waals surface area contributed by atoms with Crippen LogP contribution >= 0.6 is 11.6 Å². The highest BCUT2D eigenvalue weighted by Gasteiger charge is 2.17. The monoisotopic (exact) mass is 352 g/mol. The van der Waals surface area contributed by atoms with Gasteiger partial charge >= 0.3 is 5.97 Å². The van der Waals surface area contributed by atoms with E-state index in [-0.39, 0.29) is 10.7 Å². The van der Waals surface area contributed by atoms with Crippen molar-refractivity contribution in [2.75, 3.05) is 12.4 Å². The van der Waals surface area contributed by atoms with Crippen LogP contribution in [0.3, 0.4) is 0 Å². The molecule has 0 unspecified atom stereocenters. The molecule has 0 bridgehead atoms. The van der Waals surface area contributed by atoms with E-state index in [0.29, 0.717) is 5.56 Å². The van der Waals surface area contributed by atoms with E-state index in [1.54, 1.807) is 0 Å². The highest BCUT2D eigenvalue weighted by atomic mass is 35.5. The van der Waals surface area contributed by atoms with Crippen molar-refractivity contribution >= 4 is 35.2 Å². The molecule has 1 amide bonds. The van der Waals surface area contributed by atoms with Gasteiger partial charge in [0, 0.05) is 18.0 Å². The third-order valence-corrected chi connectivity index (χ3v) is 3.13. The van der Waals surface area contributed by atoms with E-state index < -0.39 is 29.1 Å². The highest BCUT2D eigenvalue weighted by molar-refractivity contribution is 6.31. The predicted octanol–water partition coefficient (Wildman–Crippen LogP) is 3.45. The zero-order valence-electron chi connectivity index (χ0n) is 12.3. The van der Waals surface area contributed by atoms with Crippen LogP contribution in [0.4, 0.5) is 14.5 Å². The minimum atomic E-state index is -0.942. The summed E-state index contributed by atoms with van der Waals surface area (Å²) in [5, 5.41) is 2.07. The minimum absolute atomic E-state index is 0.105. The topological polar surface area (TPSA) is 68.3 Å². The molecule has 0 saturated carbocycles. The SMILES string of the molecule is COC(=O)c1cc(NC(=O)/C=C/c2cncc(F)c2)cc(Cl)c1F. The van der Waals surface area contributed by atoms with Crippen LogP contribution in [-0.2, 0) is 9.53 Å². The fourth-order valence-corrected chi connectivity index (χ4v) is 2.01. The van der Waals surface area contributed by atoms with Gasteiger partial charge in [-0.1, -0.05) is 11.6 Å². The summed E-state index contributed by atoms with van der Waals surface area (Å²) in [7, 11) is 1.09. The normalized spacial score (nSPS) is 10.7. The third-order valence-electron chi connectivity index (χ3n) is 2.85. The Bertz CT molecular complexity index is 825. The van der Waals surface area contributed by atoms with E-state index in [1.807, 2.05) is 0 Å². The number of benzene rings is 1. The van der Waals surface area contributed by atoms with E-state index in [0.717, 1.165) is 31.5 Å². The highest BCUT2D eigenvalue weighted by Crippen LogP contribution is 2.24. The standard InChI is InChI=1S/C16H11ClF2N2O3/c1-24-16(23)12-5-11(6-13(17)15(12)19)21-14(22)3-2-9-4-10(18)8-20-7-9/h2-8H,1H3,(H,21,22)/b3-2+. The van der Waals surface area contributed by atoms with Gasteiger partial charge in [0.25, 0.3) is 0 Å². The molecule has 2 rings (SSSR count). The minimum Gasteiger partial charge on any atom is -0.465 e. The Morgan fingerprint density at radius 1 is 1.25 bits per heavy atom. The van der Waals surface area contributed by atoms with Crippen LogP contribution in [0, 0.1) is 11.6 Å². The van der Waals surface area contributed by atoms with Crippen LogP contribution in [0.15, 0.2) is 36.7 Å². The largest absolute Gasteiger partial charge is 0.465 e. The van der Waals surface area contributed by atoms with Gasteiger partial charge in [-0.2, -0.15) is 0 Å². The Labute approximate surface area is 140 Å². The van der Waals surface area contributed by atoms with Gasteiger partial charge in [0.1, 0.15) is 5.82 Å². The van der Waals surface area contributed by atoms with Gasteiger partial charge in [0.15, 0.2) is 5.82 Å². The van der Waals surface area contributed by atoms with Crippen molar-refractivity contribution in [2.45, 2.75) is 0 Å². The molecule has 1 heterocycles. The lowest BCUT2D eigenvalue weighted by molar-refractivity contribution is -0.111. The zero-order valence-corrected chi connectivity index (χ0v) is 13.1. The summed E-state index contributed by atoms with van der Waals surface area (Å²) in [6, 6.07) is 3.45. The molecule has 1 aromatic carbocycles. The lowest BCUT2D eigenvalue weighted by Gasteiger charge is -2.07. The molecule has 2 aromatic rings. The number of aromatic nitrogens is 1. The van der Waals surface area contributed by atoms with Crippen molar-refractivity contribution in [3.05, 3.63) is 64.5 Å². The summed E-state index contributed by atoms with van der Waals surface area (Å²) in [5.74, 6) is -2.99. The van der Waals surface area contributed by atoms with Crippen molar-refractivity contribution in [1.29, 1.82) is 0 Å². The summed E-state index contributed by atoms with van der Waals surface area (Å²) >= 11 is 5.69. The van der Waals surface area contributed by atoms with Gasteiger partial charge in [0.05, 0.1) is 23.9 Å². The number of carbonyl (C=O) groups excluding carboxylic acids is 2. The molecule has 0 radical (unpaired) electrons. The van der Waals surface area contributed by atoms with E-state index in [4.69, 9.17) is 11.6 Å². The van der Waals surface area contributed by atoms with Gasteiger partial charge in [0.2, 0.25) is 5.91 Å². The number of hydrogen-bond donors (Lipinski definition) is 1. The first kappa shape index (κ1) is 17.6. The second-order valence-electron chi connectivity index (χ2n) is 4.57. The summed E-state index contributed by atoms with van der Waals surface area (Å²) < 4.78 is 31.2. The lowest BCUT2D eigenvalue weighted by Crippen LogP contribution is -2.11. The first-order valence-electron chi connectivity index (χ1n) is 6.57. The first-order valence-corrected chi connectivity index (χ1v) is 6.95. The molecule has 0 aliphatic carbocycles. The Kier molecular flexibility index (Phi) is 5.59. The lowest BCUT2D eigenvalue weighted by atomic mass is 10.2.